The number of benzene rings is 1. The number of likely N-dealkylation sites (tertiary alicyclic amines) is 1. The second-order valence-corrected chi connectivity index (χ2v) is 10.4. The lowest BCUT2D eigenvalue weighted by Gasteiger charge is -2.29. The van der Waals surface area contributed by atoms with Gasteiger partial charge in [0.2, 0.25) is 10.0 Å². The van der Waals surface area contributed by atoms with E-state index in [1.54, 1.807) is 19.2 Å². The second kappa shape index (κ2) is 8.96. The largest absolute Gasteiger partial charge is 0.384 e. The number of pyridine rings is 1. The van der Waals surface area contributed by atoms with Crippen molar-refractivity contribution in [3.8, 4) is 11.1 Å². The molecule has 8 nitrogen and oxygen atoms in total. The number of oxime groups is 1. The van der Waals surface area contributed by atoms with Crippen molar-refractivity contribution in [2.75, 3.05) is 33.1 Å². The predicted molar refractivity (Wildman–Crippen MR) is 119 cm³/mol. The van der Waals surface area contributed by atoms with Crippen LogP contribution in [-0.2, 0) is 19.6 Å². The maximum atomic E-state index is 14.5. The average Bonchev–Trinajstić information content (AvgIpc) is 3.35. The molecule has 3 heterocycles. The highest BCUT2D eigenvalue weighted by atomic mass is 32.2. The fourth-order valence-electron chi connectivity index (χ4n) is 4.48. The van der Waals surface area contributed by atoms with Gasteiger partial charge in [0, 0.05) is 32.0 Å². The minimum Gasteiger partial charge on any atom is -0.384 e. The van der Waals surface area contributed by atoms with Crippen LogP contribution in [0.2, 0.25) is 0 Å². The van der Waals surface area contributed by atoms with Crippen molar-refractivity contribution in [2.24, 2.45) is 5.16 Å². The Kier molecular flexibility index (Phi) is 6.39. The van der Waals surface area contributed by atoms with E-state index in [-0.39, 0.29) is 12.2 Å². The maximum absolute atomic E-state index is 14.5. The van der Waals surface area contributed by atoms with Crippen molar-refractivity contribution in [1.82, 2.24) is 14.6 Å². The van der Waals surface area contributed by atoms with Crippen molar-refractivity contribution in [1.29, 1.82) is 0 Å². The molecule has 4 rings (SSSR count). The molecule has 0 spiro atoms. The molecule has 178 valence electrons. The zero-order chi connectivity index (χ0) is 23.8. The Labute approximate surface area is 191 Å². The number of nitrogens with zero attached hydrogens (tertiary/aromatic N) is 3. The molecule has 1 fully saturated rings. The summed E-state index contributed by atoms with van der Waals surface area (Å²) in [6.45, 7) is 2.92. The molecule has 33 heavy (non-hydrogen) atoms. The Morgan fingerprint density at radius 1 is 1.33 bits per heavy atom. The number of sulfonamides is 1. The van der Waals surface area contributed by atoms with Gasteiger partial charge in [0.15, 0.2) is 6.10 Å². The Morgan fingerprint density at radius 2 is 2.06 bits per heavy atom. The summed E-state index contributed by atoms with van der Waals surface area (Å²) in [6, 6.07) is 5.40. The van der Waals surface area contributed by atoms with Crippen LogP contribution in [0.1, 0.15) is 30.2 Å². The van der Waals surface area contributed by atoms with Gasteiger partial charge < -0.3 is 14.5 Å². The number of halogens is 2. The van der Waals surface area contributed by atoms with Crippen LogP contribution in [0.4, 0.5) is 8.78 Å². The molecule has 1 unspecified atom stereocenters. The number of methoxy groups -OCH3 is 1. The summed E-state index contributed by atoms with van der Waals surface area (Å²) >= 11 is 0. The minimum atomic E-state index is -3.45. The highest BCUT2D eigenvalue weighted by Gasteiger charge is 2.43. The lowest BCUT2D eigenvalue weighted by atomic mass is 9.97. The van der Waals surface area contributed by atoms with Crippen LogP contribution in [0, 0.1) is 18.6 Å². The number of nitrogens with one attached hydrogen (secondary N) is 1. The van der Waals surface area contributed by atoms with E-state index < -0.39 is 33.3 Å². The molecule has 2 atom stereocenters. The molecule has 1 aromatic carbocycles. The number of amidine groups is 1. The molecular weight excluding hydrogens is 454 g/mol. The van der Waals surface area contributed by atoms with E-state index >= 15 is 0 Å². The van der Waals surface area contributed by atoms with E-state index in [2.05, 4.69) is 14.9 Å². The van der Waals surface area contributed by atoms with E-state index in [1.807, 2.05) is 4.90 Å². The molecule has 2 aliphatic rings. The molecule has 0 amide bonds. The van der Waals surface area contributed by atoms with Gasteiger partial charge in [0.25, 0.3) is 0 Å². The number of aromatic nitrogens is 1. The first kappa shape index (κ1) is 23.5. The van der Waals surface area contributed by atoms with Crippen molar-refractivity contribution >= 4 is 15.9 Å². The maximum Gasteiger partial charge on any atom is 0.209 e. The fourth-order valence-corrected chi connectivity index (χ4v) is 5.49. The smallest absolute Gasteiger partial charge is 0.209 e. The van der Waals surface area contributed by atoms with E-state index in [1.165, 1.54) is 25.3 Å². The third-order valence-corrected chi connectivity index (χ3v) is 6.59. The van der Waals surface area contributed by atoms with Crippen LogP contribution in [0.5, 0.6) is 0 Å². The summed E-state index contributed by atoms with van der Waals surface area (Å²) in [4.78, 5) is 12.0. The van der Waals surface area contributed by atoms with E-state index in [9.17, 15) is 17.2 Å². The van der Waals surface area contributed by atoms with Crippen molar-refractivity contribution in [2.45, 2.75) is 31.4 Å². The molecule has 0 aliphatic carbocycles. The molecule has 0 bridgehead atoms. The van der Waals surface area contributed by atoms with Gasteiger partial charge in [0.1, 0.15) is 17.5 Å². The van der Waals surface area contributed by atoms with Crippen molar-refractivity contribution in [3.05, 3.63) is 53.4 Å². The zero-order valence-electron chi connectivity index (χ0n) is 18.6. The second-order valence-electron chi connectivity index (χ2n) is 8.61. The van der Waals surface area contributed by atoms with Gasteiger partial charge in [-0.05, 0) is 37.1 Å². The summed E-state index contributed by atoms with van der Waals surface area (Å²) in [6.07, 6.45) is 2.97. The fraction of sp³-hybridized carbons (Fsp3) is 0.455. The molecule has 1 aromatic heterocycles. The van der Waals surface area contributed by atoms with E-state index in [4.69, 9.17) is 9.57 Å². The summed E-state index contributed by atoms with van der Waals surface area (Å²) in [5.74, 6) is -0.743. The number of aryl methyl sites for hydroxylation is 1. The van der Waals surface area contributed by atoms with Gasteiger partial charge in [-0.15, -0.1) is 0 Å². The zero-order valence-corrected chi connectivity index (χ0v) is 19.5. The molecule has 0 saturated carbocycles. The normalized spacial score (nSPS) is 23.0. The first-order chi connectivity index (χ1) is 15.6. The number of hydrogen-bond donors (Lipinski definition) is 1. The molecule has 1 saturated heterocycles. The van der Waals surface area contributed by atoms with Gasteiger partial charge in [-0.2, -0.15) is 0 Å². The Balaban J connectivity index is 1.57. The summed E-state index contributed by atoms with van der Waals surface area (Å²) in [5, 5.41) is 4.20. The van der Waals surface area contributed by atoms with E-state index in [0.717, 1.165) is 11.8 Å². The Bertz CT molecular complexity index is 1170. The van der Waals surface area contributed by atoms with Gasteiger partial charge >= 0.3 is 0 Å². The van der Waals surface area contributed by atoms with Crippen LogP contribution in [-0.4, -0.2) is 62.7 Å². The molecular formula is C22H26F2N4O4S. The van der Waals surface area contributed by atoms with Gasteiger partial charge in [-0.1, -0.05) is 11.2 Å². The number of hydrogen-bond acceptors (Lipinski definition) is 7. The topological polar surface area (TPSA) is 93.1 Å². The summed E-state index contributed by atoms with van der Waals surface area (Å²) < 4.78 is 60.8. The monoisotopic (exact) mass is 480 g/mol. The number of ether oxygens (including phenoxy) is 1. The Hall–Kier alpha value is -2.63. The van der Waals surface area contributed by atoms with Gasteiger partial charge in [-0.25, -0.2) is 21.9 Å². The van der Waals surface area contributed by atoms with Crippen LogP contribution in [0.25, 0.3) is 11.1 Å². The molecule has 0 radical (unpaired) electrons. The third kappa shape index (κ3) is 4.99. The van der Waals surface area contributed by atoms with Crippen LogP contribution < -0.4 is 4.72 Å². The quantitative estimate of drug-likeness (QED) is 0.684. The standard InChI is InChI=1S/C22H26F2N4O4S/c1-14-9-15(20-16(23)5-4-6-17(20)24)21(25-11-14)18-10-19(26-32-18)28-8-7-22(12-28,13-31-2)27-33(3,29)30/h4-6,9,11,18,27H,7-8,10,12-13H2,1-3H3/t18-,22?/m0/s1. The summed E-state index contributed by atoms with van der Waals surface area (Å²) in [5.41, 5.74) is 0.539. The highest BCUT2D eigenvalue weighted by Crippen LogP contribution is 2.37. The third-order valence-electron chi connectivity index (χ3n) is 5.79. The van der Waals surface area contributed by atoms with Crippen LogP contribution in [0.3, 0.4) is 0 Å². The summed E-state index contributed by atoms with van der Waals surface area (Å²) in [7, 11) is -1.93. The molecule has 2 aliphatic heterocycles. The van der Waals surface area contributed by atoms with Crippen LogP contribution in [0.15, 0.2) is 35.6 Å². The highest BCUT2D eigenvalue weighted by molar-refractivity contribution is 7.88. The minimum absolute atomic E-state index is 0.154. The van der Waals surface area contributed by atoms with Crippen LogP contribution >= 0.6 is 0 Å². The Morgan fingerprint density at radius 3 is 2.73 bits per heavy atom. The lowest BCUT2D eigenvalue weighted by Crippen LogP contribution is -2.53. The lowest BCUT2D eigenvalue weighted by molar-refractivity contribution is 0.0828. The SMILES string of the molecule is COCC1(NS(C)(=O)=O)CCN(C2=NO[C@H](c3ncc(C)cc3-c3c(F)cccc3F)C2)C1. The van der Waals surface area contributed by atoms with Crippen molar-refractivity contribution < 1.29 is 26.8 Å². The van der Waals surface area contributed by atoms with E-state index in [0.29, 0.717) is 43.0 Å². The molecule has 2 aromatic rings. The molecule has 11 heteroatoms. The predicted octanol–water partition coefficient (Wildman–Crippen LogP) is 2.75. The molecule has 1 N–H and O–H groups in total. The first-order valence-electron chi connectivity index (χ1n) is 10.5. The average molecular weight is 481 g/mol. The van der Waals surface area contributed by atoms with Crippen molar-refractivity contribution in [3.63, 3.8) is 0 Å². The number of rotatable bonds is 6. The van der Waals surface area contributed by atoms with Gasteiger partial charge in [-0.3, -0.25) is 4.98 Å². The van der Waals surface area contributed by atoms with Gasteiger partial charge in [0.05, 0.1) is 36.1 Å². The first-order valence-corrected chi connectivity index (χ1v) is 12.4.